The summed E-state index contributed by atoms with van der Waals surface area (Å²) in [4.78, 5) is 2.75. The highest BCUT2D eigenvalue weighted by molar-refractivity contribution is 5.33. The smallest absolute Gasteiger partial charge is 0.0326 e. The molecule has 2 aliphatic rings. The van der Waals surface area contributed by atoms with E-state index in [1.807, 2.05) is 0 Å². The van der Waals surface area contributed by atoms with Crippen molar-refractivity contribution >= 4 is 0 Å². The maximum Gasteiger partial charge on any atom is 0.0326 e. The van der Waals surface area contributed by atoms with Gasteiger partial charge in [0.2, 0.25) is 0 Å². The van der Waals surface area contributed by atoms with Gasteiger partial charge in [0.05, 0.1) is 0 Å². The molecule has 0 bridgehead atoms. The van der Waals surface area contributed by atoms with Gasteiger partial charge >= 0.3 is 0 Å². The molecule has 0 saturated carbocycles. The number of nitrogens with one attached hydrogen (secondary N) is 1. The second-order valence-corrected chi connectivity index (χ2v) is 6.69. The summed E-state index contributed by atoms with van der Waals surface area (Å²) >= 11 is 0. The largest absolute Gasteiger partial charge is 0.312 e. The molecule has 1 aromatic rings. The maximum absolute atomic E-state index is 3.72. The molecular weight excluding hydrogens is 244 g/mol. The highest BCUT2D eigenvalue weighted by atomic mass is 15.2. The van der Waals surface area contributed by atoms with Gasteiger partial charge in [0.1, 0.15) is 0 Å². The molecule has 3 atom stereocenters. The van der Waals surface area contributed by atoms with Crippen LogP contribution in [0.3, 0.4) is 0 Å². The number of hydrogen-bond donors (Lipinski definition) is 1. The van der Waals surface area contributed by atoms with Crippen molar-refractivity contribution in [3.63, 3.8) is 0 Å². The van der Waals surface area contributed by atoms with E-state index in [0.29, 0.717) is 6.04 Å². The Kier molecular flexibility index (Phi) is 4.13. The van der Waals surface area contributed by atoms with Crippen LogP contribution in [0.4, 0.5) is 0 Å². The average Bonchev–Trinajstić information content (AvgIpc) is 3.10. The van der Waals surface area contributed by atoms with Crippen LogP contribution in [0.1, 0.15) is 55.3 Å². The summed E-state index contributed by atoms with van der Waals surface area (Å²) in [6, 6.07) is 8.91. The van der Waals surface area contributed by atoms with Gasteiger partial charge in [-0.05, 0) is 70.7 Å². The van der Waals surface area contributed by atoms with Crippen LogP contribution in [0.2, 0.25) is 0 Å². The Hall–Kier alpha value is -0.860. The summed E-state index contributed by atoms with van der Waals surface area (Å²) < 4.78 is 0. The van der Waals surface area contributed by atoms with E-state index in [1.165, 1.54) is 55.5 Å². The molecule has 1 N–H and O–H groups in total. The fourth-order valence-electron chi connectivity index (χ4n) is 4.16. The second-order valence-electron chi connectivity index (χ2n) is 6.69. The summed E-state index contributed by atoms with van der Waals surface area (Å²) in [5.74, 6) is 0. The first-order valence-corrected chi connectivity index (χ1v) is 8.23. The molecule has 0 amide bonds. The monoisotopic (exact) mass is 272 g/mol. The molecule has 2 aliphatic heterocycles. The van der Waals surface area contributed by atoms with Gasteiger partial charge in [-0.3, -0.25) is 4.90 Å². The predicted octanol–water partition coefficient (Wildman–Crippen LogP) is 3.58. The lowest BCUT2D eigenvalue weighted by atomic mass is 9.96. The van der Waals surface area contributed by atoms with E-state index < -0.39 is 0 Å². The first-order chi connectivity index (χ1) is 9.66. The predicted molar refractivity (Wildman–Crippen MR) is 85.1 cm³/mol. The molecule has 1 aromatic carbocycles. The standard InChI is InChI=1S/C18H28N2/c1-13-8-9-14(2)16(12-13)15(3)20-11-5-7-18(20)17-6-4-10-19-17/h8-9,12,15,17-19H,4-7,10-11H2,1-3H3. The molecule has 0 spiro atoms. The lowest BCUT2D eigenvalue weighted by molar-refractivity contribution is 0.163. The van der Waals surface area contributed by atoms with E-state index >= 15 is 0 Å². The van der Waals surface area contributed by atoms with Crippen molar-refractivity contribution in [3.8, 4) is 0 Å². The summed E-state index contributed by atoms with van der Waals surface area (Å²) in [6.07, 6.45) is 5.44. The number of rotatable bonds is 3. The zero-order chi connectivity index (χ0) is 14.1. The van der Waals surface area contributed by atoms with Gasteiger partial charge in [-0.25, -0.2) is 0 Å². The van der Waals surface area contributed by atoms with E-state index in [0.717, 1.165) is 12.1 Å². The summed E-state index contributed by atoms with van der Waals surface area (Å²) in [7, 11) is 0. The summed E-state index contributed by atoms with van der Waals surface area (Å²) in [5, 5.41) is 3.72. The third-order valence-electron chi connectivity index (χ3n) is 5.29. The van der Waals surface area contributed by atoms with Crippen molar-refractivity contribution in [2.75, 3.05) is 13.1 Å². The average molecular weight is 272 g/mol. The Labute approximate surface area is 123 Å². The van der Waals surface area contributed by atoms with Gasteiger partial charge in [-0.1, -0.05) is 23.8 Å². The molecule has 2 heterocycles. The molecule has 3 unspecified atom stereocenters. The highest BCUT2D eigenvalue weighted by Gasteiger charge is 2.36. The molecule has 2 fully saturated rings. The number of benzene rings is 1. The molecule has 20 heavy (non-hydrogen) atoms. The zero-order valence-electron chi connectivity index (χ0n) is 13.2. The number of aryl methyl sites for hydroxylation is 2. The molecular formula is C18H28N2. The van der Waals surface area contributed by atoms with Gasteiger partial charge in [0, 0.05) is 18.1 Å². The molecule has 0 aromatic heterocycles. The van der Waals surface area contributed by atoms with Crippen LogP contribution in [-0.2, 0) is 0 Å². The third kappa shape index (κ3) is 2.64. The topological polar surface area (TPSA) is 15.3 Å². The molecule has 0 radical (unpaired) electrons. The lowest BCUT2D eigenvalue weighted by Crippen LogP contribution is -2.44. The fraction of sp³-hybridized carbons (Fsp3) is 0.667. The normalized spacial score (nSPS) is 28.9. The van der Waals surface area contributed by atoms with Crippen LogP contribution >= 0.6 is 0 Å². The van der Waals surface area contributed by atoms with Gasteiger partial charge in [-0.15, -0.1) is 0 Å². The van der Waals surface area contributed by atoms with Crippen LogP contribution in [0.25, 0.3) is 0 Å². The molecule has 110 valence electrons. The van der Waals surface area contributed by atoms with E-state index in [2.05, 4.69) is 49.2 Å². The number of hydrogen-bond acceptors (Lipinski definition) is 2. The van der Waals surface area contributed by atoms with Crippen molar-refractivity contribution in [3.05, 3.63) is 34.9 Å². The van der Waals surface area contributed by atoms with Gasteiger partial charge in [-0.2, -0.15) is 0 Å². The molecule has 3 rings (SSSR count). The Morgan fingerprint density at radius 3 is 2.80 bits per heavy atom. The maximum atomic E-state index is 3.72. The van der Waals surface area contributed by atoms with Crippen molar-refractivity contribution in [2.45, 2.75) is 64.6 Å². The SMILES string of the molecule is Cc1ccc(C)c(C(C)N2CCCC2C2CCCN2)c1. The Bertz CT molecular complexity index is 462. The van der Waals surface area contributed by atoms with Crippen LogP contribution in [0.15, 0.2) is 18.2 Å². The second kappa shape index (κ2) is 5.87. The van der Waals surface area contributed by atoms with Crippen molar-refractivity contribution in [1.29, 1.82) is 0 Å². The van der Waals surface area contributed by atoms with Gasteiger partial charge in [0.15, 0.2) is 0 Å². The number of likely N-dealkylation sites (tertiary alicyclic amines) is 1. The van der Waals surface area contributed by atoms with Crippen LogP contribution in [-0.4, -0.2) is 30.1 Å². The zero-order valence-corrected chi connectivity index (χ0v) is 13.2. The van der Waals surface area contributed by atoms with Crippen LogP contribution < -0.4 is 5.32 Å². The van der Waals surface area contributed by atoms with Crippen molar-refractivity contribution < 1.29 is 0 Å². The Morgan fingerprint density at radius 2 is 2.05 bits per heavy atom. The van der Waals surface area contributed by atoms with Crippen LogP contribution in [0, 0.1) is 13.8 Å². The van der Waals surface area contributed by atoms with E-state index in [4.69, 9.17) is 0 Å². The van der Waals surface area contributed by atoms with E-state index in [9.17, 15) is 0 Å². The third-order valence-corrected chi connectivity index (χ3v) is 5.29. The lowest BCUT2D eigenvalue weighted by Gasteiger charge is -2.35. The first kappa shape index (κ1) is 14.1. The van der Waals surface area contributed by atoms with Gasteiger partial charge < -0.3 is 5.32 Å². The minimum atomic E-state index is 0.546. The molecule has 2 heteroatoms. The molecule has 0 aliphatic carbocycles. The van der Waals surface area contributed by atoms with E-state index in [-0.39, 0.29) is 0 Å². The van der Waals surface area contributed by atoms with E-state index in [1.54, 1.807) is 0 Å². The summed E-state index contributed by atoms with van der Waals surface area (Å²) in [6.45, 7) is 9.33. The summed E-state index contributed by atoms with van der Waals surface area (Å²) in [5.41, 5.74) is 4.34. The minimum absolute atomic E-state index is 0.546. The highest BCUT2D eigenvalue weighted by Crippen LogP contribution is 2.34. The van der Waals surface area contributed by atoms with Crippen molar-refractivity contribution in [2.24, 2.45) is 0 Å². The number of nitrogens with zero attached hydrogens (tertiary/aromatic N) is 1. The first-order valence-electron chi connectivity index (χ1n) is 8.23. The Morgan fingerprint density at radius 1 is 1.20 bits per heavy atom. The molecule has 2 saturated heterocycles. The van der Waals surface area contributed by atoms with Gasteiger partial charge in [0.25, 0.3) is 0 Å². The van der Waals surface area contributed by atoms with Crippen molar-refractivity contribution in [1.82, 2.24) is 10.2 Å². The van der Waals surface area contributed by atoms with Crippen LogP contribution in [0.5, 0.6) is 0 Å². The quantitative estimate of drug-likeness (QED) is 0.905. The molecule has 2 nitrogen and oxygen atoms in total. The fourth-order valence-corrected chi connectivity index (χ4v) is 4.16. The minimum Gasteiger partial charge on any atom is -0.312 e. The Balaban J connectivity index is 1.81.